The molecule has 3 atom stereocenters. The number of nitrogen functional groups attached to an aromatic ring is 1. The van der Waals surface area contributed by atoms with Gasteiger partial charge in [-0.3, -0.25) is 9.69 Å². The van der Waals surface area contributed by atoms with E-state index in [-0.39, 0.29) is 23.9 Å². The Morgan fingerprint density at radius 2 is 1.37 bits per heavy atom. The molecule has 3 aromatic rings. The van der Waals surface area contributed by atoms with E-state index in [1.807, 2.05) is 74.5 Å². The first-order valence-corrected chi connectivity index (χ1v) is 18.4. The van der Waals surface area contributed by atoms with Crippen LogP contribution in [-0.4, -0.2) is 76.7 Å². The fourth-order valence-corrected chi connectivity index (χ4v) is 7.90. The molecule has 0 spiro atoms. The van der Waals surface area contributed by atoms with Crippen LogP contribution in [0, 0.1) is 5.92 Å². The fourth-order valence-electron chi connectivity index (χ4n) is 6.16. The number of hydrogen-bond acceptors (Lipinski definition) is 6. The highest BCUT2D eigenvalue weighted by Gasteiger charge is 2.43. The monoisotopic (exact) mass is 694 g/mol. The molecule has 3 aromatic carbocycles. The van der Waals surface area contributed by atoms with Gasteiger partial charge in [0.1, 0.15) is 6.04 Å². The van der Waals surface area contributed by atoms with Crippen LogP contribution in [0.5, 0.6) is 0 Å². The van der Waals surface area contributed by atoms with E-state index in [1.165, 1.54) is 21.3 Å². The molecular weight excluding hydrogens is 641 g/mol. The predicted molar refractivity (Wildman–Crippen MR) is 195 cm³/mol. The number of carbonyl (C=O) groups is 2. The summed E-state index contributed by atoms with van der Waals surface area (Å²) < 4.78 is 29.0. The van der Waals surface area contributed by atoms with Crippen LogP contribution in [0.1, 0.15) is 84.3 Å². The molecule has 0 bridgehead atoms. The van der Waals surface area contributed by atoms with Crippen LogP contribution < -0.4 is 11.1 Å². The third kappa shape index (κ3) is 10.8. The van der Waals surface area contributed by atoms with Crippen LogP contribution in [0.15, 0.2) is 89.8 Å². The number of sulfonamides is 1. The summed E-state index contributed by atoms with van der Waals surface area (Å²) in [7, 11) is -3.93. The minimum absolute atomic E-state index is 0.114. The Balaban J connectivity index is 1.83. The molecule has 0 saturated carbocycles. The van der Waals surface area contributed by atoms with Gasteiger partial charge in [0.05, 0.1) is 17.0 Å². The summed E-state index contributed by atoms with van der Waals surface area (Å²) in [4.78, 5) is 28.3. The lowest BCUT2D eigenvalue weighted by Crippen LogP contribution is -2.59. The Morgan fingerprint density at radius 1 is 0.837 bits per heavy atom. The lowest BCUT2D eigenvalue weighted by Gasteiger charge is -2.42. The van der Waals surface area contributed by atoms with Gasteiger partial charge in [0, 0.05) is 30.2 Å². The third-order valence-electron chi connectivity index (χ3n) is 8.67. The number of aliphatic hydroxyl groups is 1. The average molecular weight is 695 g/mol. The Labute approximate surface area is 292 Å². The van der Waals surface area contributed by atoms with Crippen molar-refractivity contribution in [2.75, 3.05) is 18.8 Å². The maximum Gasteiger partial charge on any atom is 0.408 e. The Morgan fingerprint density at radius 3 is 1.82 bits per heavy atom. The van der Waals surface area contributed by atoms with Gasteiger partial charge in [0.15, 0.2) is 0 Å². The smallest absolute Gasteiger partial charge is 0.408 e. The quantitative estimate of drug-likeness (QED) is 0.0953. The number of amides is 2. The molecule has 0 aliphatic heterocycles. The molecule has 0 heterocycles. The fraction of sp³-hybridized carbons (Fsp3) is 0.474. The zero-order chi connectivity index (χ0) is 36.4. The van der Waals surface area contributed by atoms with Crippen molar-refractivity contribution >= 4 is 27.7 Å². The molecule has 10 nitrogen and oxygen atoms in total. The second-order valence-electron chi connectivity index (χ2n) is 14.0. The van der Waals surface area contributed by atoms with Gasteiger partial charge < -0.3 is 21.3 Å². The van der Waals surface area contributed by atoms with Gasteiger partial charge in [-0.05, 0) is 88.3 Å². The second kappa shape index (κ2) is 17.6. The Bertz CT molecular complexity index is 1540. The highest BCUT2D eigenvalue weighted by Crippen LogP contribution is 2.35. The van der Waals surface area contributed by atoms with Gasteiger partial charge in [-0.2, -0.15) is 4.31 Å². The number of carboxylic acid groups (broad SMARTS) is 1. The van der Waals surface area contributed by atoms with Crippen LogP contribution in [0.4, 0.5) is 10.5 Å². The van der Waals surface area contributed by atoms with Crippen LogP contribution in [0.2, 0.25) is 0 Å². The zero-order valence-electron chi connectivity index (χ0n) is 29.6. The van der Waals surface area contributed by atoms with Crippen molar-refractivity contribution in [3.05, 3.63) is 96.1 Å². The van der Waals surface area contributed by atoms with Gasteiger partial charge in [-0.25, -0.2) is 13.2 Å². The van der Waals surface area contributed by atoms with E-state index in [0.29, 0.717) is 31.4 Å². The molecule has 2 unspecified atom stereocenters. The number of nitrogens with two attached hydrogens (primary N) is 1. The number of benzene rings is 3. The molecule has 0 aromatic heterocycles. The van der Waals surface area contributed by atoms with Gasteiger partial charge in [0.2, 0.25) is 15.9 Å². The van der Waals surface area contributed by atoms with Gasteiger partial charge in [-0.15, -0.1) is 0 Å². The summed E-state index contributed by atoms with van der Waals surface area (Å²) in [5.74, 6) is -0.756. The molecule has 49 heavy (non-hydrogen) atoms. The molecule has 268 valence electrons. The first kappa shape index (κ1) is 39.5. The van der Waals surface area contributed by atoms with Gasteiger partial charge >= 0.3 is 6.09 Å². The van der Waals surface area contributed by atoms with E-state index in [0.717, 1.165) is 11.1 Å². The molecule has 0 aliphatic carbocycles. The maximum absolute atomic E-state index is 14.1. The lowest BCUT2D eigenvalue weighted by molar-refractivity contribution is -0.128. The number of nitrogens with zero attached hydrogens (tertiary/aromatic N) is 2. The van der Waals surface area contributed by atoms with Gasteiger partial charge in [-0.1, -0.05) is 80.9 Å². The Hall–Kier alpha value is -3.93. The van der Waals surface area contributed by atoms with Crippen LogP contribution in [-0.2, 0) is 14.8 Å². The first-order valence-electron chi connectivity index (χ1n) is 17.0. The van der Waals surface area contributed by atoms with Gasteiger partial charge in [0.25, 0.3) is 0 Å². The number of carbonyl (C=O) groups excluding carboxylic acids is 1. The summed E-state index contributed by atoms with van der Waals surface area (Å²) in [5.41, 5.74) is 6.99. The predicted octanol–water partition coefficient (Wildman–Crippen LogP) is 6.32. The minimum atomic E-state index is -3.93. The summed E-state index contributed by atoms with van der Waals surface area (Å²) >= 11 is 0. The zero-order valence-corrected chi connectivity index (χ0v) is 30.4. The normalized spacial score (nSPS) is 14.1. The molecule has 2 amide bonds. The maximum atomic E-state index is 14.1. The highest BCUT2D eigenvalue weighted by molar-refractivity contribution is 7.89. The number of nitrogens with one attached hydrogen (secondary N) is 1. The second-order valence-corrected chi connectivity index (χ2v) is 15.9. The molecular formula is C38H54N4O6S. The SMILES string of the molecule is CC(C)CCN(C(CCCCNC(=O)C(C(c1ccccc1)c1ccccc1)N(C(=O)O)C(C)(C)C)[C@H](C)O)S(=O)(=O)c1ccc(N)cc1. The topological polar surface area (TPSA) is 153 Å². The van der Waals surface area contributed by atoms with Crippen molar-refractivity contribution in [1.29, 1.82) is 0 Å². The molecule has 0 radical (unpaired) electrons. The van der Waals surface area contributed by atoms with Crippen LogP contribution >= 0.6 is 0 Å². The van der Waals surface area contributed by atoms with E-state index < -0.39 is 51.7 Å². The van der Waals surface area contributed by atoms with E-state index in [9.17, 15) is 28.2 Å². The first-order chi connectivity index (χ1) is 23.1. The summed E-state index contributed by atoms with van der Waals surface area (Å²) in [6.07, 6.45) is -0.156. The van der Waals surface area contributed by atoms with Crippen molar-refractivity contribution in [1.82, 2.24) is 14.5 Å². The molecule has 11 heteroatoms. The summed E-state index contributed by atoms with van der Waals surface area (Å²) in [6.45, 7) is 11.4. The number of rotatable bonds is 17. The molecule has 5 N–H and O–H groups in total. The number of hydrogen-bond donors (Lipinski definition) is 4. The van der Waals surface area contributed by atoms with E-state index in [4.69, 9.17) is 5.73 Å². The van der Waals surface area contributed by atoms with Crippen LogP contribution in [0.3, 0.4) is 0 Å². The van der Waals surface area contributed by atoms with Crippen molar-refractivity contribution in [3.8, 4) is 0 Å². The summed E-state index contributed by atoms with van der Waals surface area (Å²) in [6, 6.07) is 23.2. The van der Waals surface area contributed by atoms with Crippen molar-refractivity contribution in [3.63, 3.8) is 0 Å². The van der Waals surface area contributed by atoms with Crippen molar-refractivity contribution in [2.24, 2.45) is 5.92 Å². The Kier molecular flexibility index (Phi) is 14.2. The molecule has 0 saturated heterocycles. The number of anilines is 1. The largest absolute Gasteiger partial charge is 0.465 e. The average Bonchev–Trinajstić information content (AvgIpc) is 3.03. The third-order valence-corrected chi connectivity index (χ3v) is 10.6. The van der Waals surface area contributed by atoms with E-state index in [2.05, 4.69) is 5.32 Å². The van der Waals surface area contributed by atoms with Crippen LogP contribution in [0.25, 0.3) is 0 Å². The molecule has 0 aliphatic rings. The number of unbranched alkanes of at least 4 members (excludes halogenated alkanes) is 1. The molecule has 3 rings (SSSR count). The van der Waals surface area contributed by atoms with Crippen molar-refractivity contribution < 1.29 is 28.2 Å². The van der Waals surface area contributed by atoms with Crippen molar-refractivity contribution in [2.45, 2.75) is 102 Å². The highest BCUT2D eigenvalue weighted by atomic mass is 32.2. The standard InChI is InChI=1S/C38H54N4O6S/c1-27(2)24-26-41(49(47,48)32-22-20-31(39)21-23-32)33(28(3)43)19-13-14-25-40-36(44)35(42(37(45)46)38(4,5)6)34(29-15-9-7-10-16-29)30-17-11-8-12-18-30/h7-12,15-18,20-23,27-28,33-35,43H,13-14,19,24-26,39H2,1-6H3,(H,40,44)(H,45,46)/t28-,33?,35?/m0/s1. The summed E-state index contributed by atoms with van der Waals surface area (Å²) in [5, 5.41) is 24.3. The molecule has 0 fully saturated rings. The van der Waals surface area contributed by atoms with E-state index in [1.54, 1.807) is 39.8 Å². The lowest BCUT2D eigenvalue weighted by atomic mass is 9.82. The van der Waals surface area contributed by atoms with E-state index >= 15 is 0 Å². The number of aliphatic hydroxyl groups excluding tert-OH is 1. The minimum Gasteiger partial charge on any atom is -0.465 e.